The SMILES string of the molecule is CC(C)(CC(=O)O)NC(=O)c1ccc(C(F)(F)F)nc1. The van der Waals surface area contributed by atoms with Gasteiger partial charge in [0.1, 0.15) is 5.69 Å². The molecule has 110 valence electrons. The van der Waals surface area contributed by atoms with Crippen LogP contribution in [0.15, 0.2) is 18.3 Å². The van der Waals surface area contributed by atoms with Crippen molar-refractivity contribution >= 4 is 11.9 Å². The molecule has 0 aliphatic heterocycles. The zero-order valence-corrected chi connectivity index (χ0v) is 10.8. The molecular weight excluding hydrogens is 277 g/mol. The van der Waals surface area contributed by atoms with Crippen LogP contribution in [-0.4, -0.2) is 27.5 Å². The molecule has 0 saturated carbocycles. The molecule has 1 amide bonds. The van der Waals surface area contributed by atoms with E-state index in [0.717, 1.165) is 12.3 Å². The predicted octanol–water partition coefficient (Wildman–Crippen LogP) is 2.08. The van der Waals surface area contributed by atoms with Crippen LogP contribution < -0.4 is 5.32 Å². The van der Waals surface area contributed by atoms with Gasteiger partial charge < -0.3 is 10.4 Å². The van der Waals surface area contributed by atoms with Crippen molar-refractivity contribution in [2.75, 3.05) is 0 Å². The van der Waals surface area contributed by atoms with Crippen LogP contribution in [0.3, 0.4) is 0 Å². The number of carboxylic acids is 1. The van der Waals surface area contributed by atoms with E-state index < -0.39 is 29.3 Å². The molecule has 1 aromatic rings. The molecule has 8 heteroatoms. The number of alkyl halides is 3. The normalized spacial score (nSPS) is 12.1. The Morgan fingerprint density at radius 3 is 2.30 bits per heavy atom. The van der Waals surface area contributed by atoms with Crippen molar-refractivity contribution in [3.63, 3.8) is 0 Å². The Morgan fingerprint density at radius 1 is 1.30 bits per heavy atom. The fourth-order valence-corrected chi connectivity index (χ4v) is 1.50. The maximum atomic E-state index is 12.3. The first-order chi connectivity index (χ1) is 9.01. The van der Waals surface area contributed by atoms with E-state index in [-0.39, 0.29) is 12.0 Å². The van der Waals surface area contributed by atoms with Crippen molar-refractivity contribution in [1.82, 2.24) is 10.3 Å². The minimum atomic E-state index is -4.57. The molecule has 0 spiro atoms. The highest BCUT2D eigenvalue weighted by Gasteiger charge is 2.32. The van der Waals surface area contributed by atoms with Gasteiger partial charge in [0.05, 0.1) is 12.0 Å². The molecule has 0 aliphatic carbocycles. The molecule has 2 N–H and O–H groups in total. The second-order valence-electron chi connectivity index (χ2n) is 4.84. The van der Waals surface area contributed by atoms with Crippen molar-refractivity contribution in [3.05, 3.63) is 29.6 Å². The third kappa shape index (κ3) is 4.52. The van der Waals surface area contributed by atoms with Crippen molar-refractivity contribution in [1.29, 1.82) is 0 Å². The standard InChI is InChI=1S/C12H13F3N2O3/c1-11(2,5-9(18)19)17-10(20)7-3-4-8(16-6-7)12(13,14)15/h3-4,6H,5H2,1-2H3,(H,17,20)(H,18,19). The summed E-state index contributed by atoms with van der Waals surface area (Å²) in [5, 5.41) is 11.1. The van der Waals surface area contributed by atoms with E-state index in [1.54, 1.807) is 0 Å². The van der Waals surface area contributed by atoms with E-state index in [1.165, 1.54) is 13.8 Å². The number of pyridine rings is 1. The second kappa shape index (κ2) is 5.48. The number of nitrogens with zero attached hydrogens (tertiary/aromatic N) is 1. The van der Waals surface area contributed by atoms with Crippen molar-refractivity contribution in [2.24, 2.45) is 0 Å². The number of halogens is 3. The number of hydrogen-bond acceptors (Lipinski definition) is 3. The maximum absolute atomic E-state index is 12.3. The summed E-state index contributed by atoms with van der Waals surface area (Å²) in [7, 11) is 0. The molecule has 1 heterocycles. The van der Waals surface area contributed by atoms with Crippen LogP contribution in [-0.2, 0) is 11.0 Å². The minimum absolute atomic E-state index is 0.0727. The molecule has 1 aromatic heterocycles. The number of carboxylic acid groups (broad SMARTS) is 1. The Balaban J connectivity index is 2.81. The van der Waals surface area contributed by atoms with Gasteiger partial charge in [-0.3, -0.25) is 14.6 Å². The average Bonchev–Trinajstić information content (AvgIpc) is 2.25. The summed E-state index contributed by atoms with van der Waals surface area (Å²) in [6.45, 7) is 2.99. The molecule has 0 bridgehead atoms. The van der Waals surface area contributed by atoms with Crippen LogP contribution in [0.1, 0.15) is 36.3 Å². The van der Waals surface area contributed by atoms with E-state index in [9.17, 15) is 22.8 Å². The molecule has 0 unspecified atom stereocenters. The molecular formula is C12H13F3N2O3. The van der Waals surface area contributed by atoms with Crippen LogP contribution >= 0.6 is 0 Å². The molecule has 0 atom stereocenters. The highest BCUT2D eigenvalue weighted by molar-refractivity contribution is 5.94. The average molecular weight is 290 g/mol. The van der Waals surface area contributed by atoms with Crippen LogP contribution in [0.4, 0.5) is 13.2 Å². The lowest BCUT2D eigenvalue weighted by molar-refractivity contribution is -0.141. The first-order valence-corrected chi connectivity index (χ1v) is 5.59. The number of aromatic nitrogens is 1. The lowest BCUT2D eigenvalue weighted by atomic mass is 10.0. The van der Waals surface area contributed by atoms with Gasteiger partial charge in [0.15, 0.2) is 0 Å². The van der Waals surface area contributed by atoms with Gasteiger partial charge in [0, 0.05) is 11.7 Å². The minimum Gasteiger partial charge on any atom is -0.481 e. The summed E-state index contributed by atoms with van der Waals surface area (Å²) in [5.41, 5.74) is -2.19. The molecule has 0 aromatic carbocycles. The van der Waals surface area contributed by atoms with E-state index in [4.69, 9.17) is 5.11 Å². The Morgan fingerprint density at radius 2 is 1.90 bits per heavy atom. The third-order valence-electron chi connectivity index (χ3n) is 2.36. The highest BCUT2D eigenvalue weighted by Crippen LogP contribution is 2.27. The van der Waals surface area contributed by atoms with Crippen LogP contribution in [0.25, 0.3) is 0 Å². The largest absolute Gasteiger partial charge is 0.481 e. The van der Waals surface area contributed by atoms with Gasteiger partial charge in [-0.15, -0.1) is 0 Å². The summed E-state index contributed by atoms with van der Waals surface area (Å²) in [6.07, 6.45) is -4.08. The van der Waals surface area contributed by atoms with Gasteiger partial charge in [0.25, 0.3) is 5.91 Å². The van der Waals surface area contributed by atoms with Gasteiger partial charge in [-0.1, -0.05) is 0 Å². The first kappa shape index (κ1) is 15.9. The molecule has 20 heavy (non-hydrogen) atoms. The number of carbonyl (C=O) groups is 2. The summed E-state index contributed by atoms with van der Waals surface area (Å²) in [5.74, 6) is -1.78. The summed E-state index contributed by atoms with van der Waals surface area (Å²) in [6, 6.07) is 1.68. The molecule has 1 rings (SSSR count). The Kier molecular flexibility index (Phi) is 4.36. The zero-order chi connectivity index (χ0) is 15.6. The fourth-order valence-electron chi connectivity index (χ4n) is 1.50. The quantitative estimate of drug-likeness (QED) is 0.889. The third-order valence-corrected chi connectivity index (χ3v) is 2.36. The fraction of sp³-hybridized carbons (Fsp3) is 0.417. The van der Waals surface area contributed by atoms with E-state index >= 15 is 0 Å². The topological polar surface area (TPSA) is 79.3 Å². The Bertz CT molecular complexity index is 510. The van der Waals surface area contributed by atoms with Gasteiger partial charge in [0.2, 0.25) is 0 Å². The van der Waals surface area contributed by atoms with Crippen LogP contribution in [0, 0.1) is 0 Å². The zero-order valence-electron chi connectivity index (χ0n) is 10.8. The first-order valence-electron chi connectivity index (χ1n) is 5.59. The van der Waals surface area contributed by atoms with Crippen molar-refractivity contribution < 1.29 is 27.9 Å². The van der Waals surface area contributed by atoms with Crippen LogP contribution in [0.2, 0.25) is 0 Å². The van der Waals surface area contributed by atoms with Gasteiger partial charge in [-0.25, -0.2) is 0 Å². The van der Waals surface area contributed by atoms with E-state index in [1.807, 2.05) is 0 Å². The van der Waals surface area contributed by atoms with Gasteiger partial charge >= 0.3 is 12.1 Å². The number of amides is 1. The van der Waals surface area contributed by atoms with Gasteiger partial charge in [-0.05, 0) is 26.0 Å². The Hall–Kier alpha value is -2.12. The number of aliphatic carboxylic acids is 1. The van der Waals surface area contributed by atoms with Crippen molar-refractivity contribution in [3.8, 4) is 0 Å². The highest BCUT2D eigenvalue weighted by atomic mass is 19.4. The lowest BCUT2D eigenvalue weighted by Crippen LogP contribution is -2.45. The number of carbonyl (C=O) groups excluding carboxylic acids is 1. The number of rotatable bonds is 4. The molecule has 0 saturated heterocycles. The Labute approximate surface area is 112 Å². The maximum Gasteiger partial charge on any atom is 0.433 e. The molecule has 5 nitrogen and oxygen atoms in total. The number of hydrogen-bond donors (Lipinski definition) is 2. The summed E-state index contributed by atoms with van der Waals surface area (Å²) < 4.78 is 36.9. The smallest absolute Gasteiger partial charge is 0.433 e. The molecule has 0 radical (unpaired) electrons. The summed E-state index contributed by atoms with van der Waals surface area (Å²) in [4.78, 5) is 25.5. The van der Waals surface area contributed by atoms with Crippen LogP contribution in [0.5, 0.6) is 0 Å². The molecule has 0 aliphatic rings. The summed E-state index contributed by atoms with van der Waals surface area (Å²) >= 11 is 0. The number of nitrogens with one attached hydrogen (secondary N) is 1. The second-order valence-corrected chi connectivity index (χ2v) is 4.84. The van der Waals surface area contributed by atoms with E-state index in [0.29, 0.717) is 6.07 Å². The molecule has 0 fully saturated rings. The van der Waals surface area contributed by atoms with E-state index in [2.05, 4.69) is 10.3 Å². The van der Waals surface area contributed by atoms with Gasteiger partial charge in [-0.2, -0.15) is 13.2 Å². The lowest BCUT2D eigenvalue weighted by Gasteiger charge is -2.24. The predicted molar refractivity (Wildman–Crippen MR) is 63.0 cm³/mol. The monoisotopic (exact) mass is 290 g/mol. The van der Waals surface area contributed by atoms with Crippen molar-refractivity contribution in [2.45, 2.75) is 32.0 Å².